The number of benzene rings is 2. The highest BCUT2D eigenvalue weighted by atomic mass is 16.5. The molecule has 0 aliphatic carbocycles. The molecule has 1 atom stereocenters. The first-order valence-electron chi connectivity index (χ1n) is 9.17. The lowest BCUT2D eigenvalue weighted by Crippen LogP contribution is -2.51. The molecular weight excluding hydrogens is 392 g/mol. The first-order valence-corrected chi connectivity index (χ1v) is 9.17. The van der Waals surface area contributed by atoms with Crippen LogP contribution in [0.1, 0.15) is 6.42 Å². The van der Waals surface area contributed by atoms with Gasteiger partial charge in [-0.15, -0.1) is 0 Å². The number of anilines is 2. The summed E-state index contributed by atoms with van der Waals surface area (Å²) in [5.41, 5.74) is 5.48. The molecule has 0 unspecified atom stereocenters. The molecule has 0 radical (unpaired) electrons. The minimum atomic E-state index is -1.02. The minimum Gasteiger partial charge on any atom is -0.482 e. The Labute approximate surface area is 171 Å². The Morgan fingerprint density at radius 3 is 2.53 bits per heavy atom. The van der Waals surface area contributed by atoms with Gasteiger partial charge >= 0.3 is 0 Å². The van der Waals surface area contributed by atoms with Crippen molar-refractivity contribution < 1.29 is 28.7 Å². The van der Waals surface area contributed by atoms with Crippen LogP contribution < -0.4 is 30.5 Å². The number of hydrazine groups is 1. The van der Waals surface area contributed by atoms with Crippen LogP contribution in [-0.2, 0) is 19.2 Å². The molecule has 2 heterocycles. The van der Waals surface area contributed by atoms with Crippen molar-refractivity contribution in [3.8, 4) is 11.5 Å². The van der Waals surface area contributed by atoms with Crippen LogP contribution in [0, 0.1) is 0 Å². The van der Waals surface area contributed by atoms with Crippen LogP contribution in [0.3, 0.4) is 0 Å². The summed E-state index contributed by atoms with van der Waals surface area (Å²) in [5, 5.41) is 2.66. The molecule has 0 saturated carbocycles. The monoisotopic (exact) mass is 410 g/mol. The van der Waals surface area contributed by atoms with E-state index >= 15 is 0 Å². The van der Waals surface area contributed by atoms with Crippen LogP contribution in [0.15, 0.2) is 48.5 Å². The van der Waals surface area contributed by atoms with Crippen molar-refractivity contribution in [2.75, 3.05) is 23.4 Å². The average Bonchev–Trinajstić information content (AvgIpc) is 2.75. The van der Waals surface area contributed by atoms with E-state index in [0.29, 0.717) is 22.9 Å². The smallest absolute Gasteiger partial charge is 0.266 e. The van der Waals surface area contributed by atoms with Gasteiger partial charge in [-0.25, -0.2) is 0 Å². The van der Waals surface area contributed by atoms with Gasteiger partial charge in [0.05, 0.1) is 17.8 Å². The van der Waals surface area contributed by atoms with Crippen molar-refractivity contribution in [1.82, 2.24) is 10.9 Å². The highest BCUT2D eigenvalue weighted by Crippen LogP contribution is 2.31. The molecule has 0 bridgehead atoms. The van der Waals surface area contributed by atoms with Crippen molar-refractivity contribution in [2.24, 2.45) is 0 Å². The van der Waals surface area contributed by atoms with E-state index in [0.717, 1.165) is 0 Å². The number of rotatable bonds is 4. The van der Waals surface area contributed by atoms with Gasteiger partial charge in [-0.3, -0.25) is 34.9 Å². The highest BCUT2D eigenvalue weighted by molar-refractivity contribution is 6.02. The lowest BCUT2D eigenvalue weighted by atomic mass is 10.1. The van der Waals surface area contributed by atoms with E-state index in [2.05, 4.69) is 16.2 Å². The van der Waals surface area contributed by atoms with Gasteiger partial charge in [0.2, 0.25) is 5.91 Å². The zero-order valence-electron chi connectivity index (χ0n) is 15.7. The molecule has 2 aliphatic heterocycles. The Morgan fingerprint density at radius 2 is 1.70 bits per heavy atom. The number of hydrogen-bond donors (Lipinski definition) is 3. The molecule has 2 aliphatic rings. The third-order valence-electron chi connectivity index (χ3n) is 4.53. The van der Waals surface area contributed by atoms with Crippen molar-refractivity contribution in [3.05, 3.63) is 48.5 Å². The second-order valence-corrected chi connectivity index (χ2v) is 6.63. The number of nitrogens with one attached hydrogen (secondary N) is 3. The number of para-hydroxylation sites is 4. The third kappa shape index (κ3) is 4.02. The Balaban J connectivity index is 1.30. The second-order valence-electron chi connectivity index (χ2n) is 6.63. The van der Waals surface area contributed by atoms with Crippen LogP contribution in [0.25, 0.3) is 0 Å². The van der Waals surface area contributed by atoms with E-state index in [-0.39, 0.29) is 25.5 Å². The number of nitrogens with zero attached hydrogens (tertiary/aromatic N) is 1. The molecule has 0 fully saturated rings. The first kappa shape index (κ1) is 19.2. The summed E-state index contributed by atoms with van der Waals surface area (Å²) >= 11 is 0. The lowest BCUT2D eigenvalue weighted by Gasteiger charge is -2.28. The van der Waals surface area contributed by atoms with Gasteiger partial charge in [0.25, 0.3) is 17.7 Å². The summed E-state index contributed by atoms with van der Waals surface area (Å²) in [5.74, 6) is -1.09. The first-order chi connectivity index (χ1) is 14.5. The molecule has 2 aromatic rings. The molecule has 10 nitrogen and oxygen atoms in total. The van der Waals surface area contributed by atoms with Gasteiger partial charge < -0.3 is 14.8 Å². The van der Waals surface area contributed by atoms with E-state index in [1.54, 1.807) is 48.5 Å². The van der Waals surface area contributed by atoms with Gasteiger partial charge in [0.1, 0.15) is 18.0 Å². The maximum absolute atomic E-state index is 12.2. The fourth-order valence-corrected chi connectivity index (χ4v) is 3.10. The lowest BCUT2D eigenvalue weighted by molar-refractivity contribution is -0.133. The molecule has 3 N–H and O–H groups in total. The van der Waals surface area contributed by atoms with Crippen molar-refractivity contribution in [1.29, 1.82) is 0 Å². The summed E-state index contributed by atoms with van der Waals surface area (Å²) in [6, 6.07) is 13.7. The van der Waals surface area contributed by atoms with Gasteiger partial charge in [-0.2, -0.15) is 0 Å². The van der Waals surface area contributed by atoms with E-state index < -0.39 is 23.8 Å². The molecule has 4 rings (SSSR count). The van der Waals surface area contributed by atoms with E-state index in [9.17, 15) is 19.2 Å². The largest absolute Gasteiger partial charge is 0.482 e. The summed E-state index contributed by atoms with van der Waals surface area (Å²) in [7, 11) is 0. The van der Waals surface area contributed by atoms with Gasteiger partial charge in [-0.05, 0) is 24.3 Å². The molecule has 154 valence electrons. The van der Waals surface area contributed by atoms with E-state index in [1.165, 1.54) is 4.90 Å². The number of carbonyl (C=O) groups is 4. The number of amides is 4. The fraction of sp³-hybridized carbons (Fsp3) is 0.200. The Morgan fingerprint density at radius 1 is 1.00 bits per heavy atom. The van der Waals surface area contributed by atoms with E-state index in [4.69, 9.17) is 9.47 Å². The van der Waals surface area contributed by atoms with Crippen LogP contribution in [0.4, 0.5) is 11.4 Å². The molecular formula is C20H18N4O6. The number of carbonyl (C=O) groups excluding carboxylic acids is 4. The van der Waals surface area contributed by atoms with Crippen LogP contribution >= 0.6 is 0 Å². The van der Waals surface area contributed by atoms with Crippen LogP contribution in [-0.4, -0.2) is 42.9 Å². The van der Waals surface area contributed by atoms with Crippen molar-refractivity contribution >= 4 is 35.0 Å². The standard InChI is InChI=1S/C20H18N4O6/c25-17(9-16-20(28)21-12-5-1-3-7-14(12)30-16)22-23-18(26)10-24-13-6-2-4-8-15(13)29-11-19(24)27/h1-8,16H,9-11H2,(H,21,28)(H,22,25)(H,23,26)/t16-/m0/s1. The summed E-state index contributed by atoms with van der Waals surface area (Å²) in [6.07, 6.45) is -1.32. The number of fused-ring (bicyclic) bond motifs is 2. The Hall–Kier alpha value is -4.08. The predicted octanol–water partition coefficient (Wildman–Crippen LogP) is 0.349. The van der Waals surface area contributed by atoms with Gasteiger partial charge in [0.15, 0.2) is 12.7 Å². The highest BCUT2D eigenvalue weighted by Gasteiger charge is 2.30. The molecule has 4 amide bonds. The van der Waals surface area contributed by atoms with Crippen LogP contribution in [0.2, 0.25) is 0 Å². The molecule has 2 aromatic carbocycles. The summed E-state index contributed by atoms with van der Waals surface area (Å²) in [6.45, 7) is -0.473. The summed E-state index contributed by atoms with van der Waals surface area (Å²) in [4.78, 5) is 49.8. The van der Waals surface area contributed by atoms with E-state index in [1.807, 2.05) is 0 Å². The quantitative estimate of drug-likeness (QED) is 0.625. The minimum absolute atomic E-state index is 0.174. The maximum atomic E-state index is 12.2. The van der Waals surface area contributed by atoms with Crippen LogP contribution in [0.5, 0.6) is 11.5 Å². The Kier molecular flexibility index (Phi) is 5.21. The molecule has 10 heteroatoms. The van der Waals surface area contributed by atoms with Gasteiger partial charge in [-0.1, -0.05) is 24.3 Å². The topological polar surface area (TPSA) is 126 Å². The van der Waals surface area contributed by atoms with Crippen molar-refractivity contribution in [2.45, 2.75) is 12.5 Å². The molecule has 0 aromatic heterocycles. The maximum Gasteiger partial charge on any atom is 0.266 e. The Bertz CT molecular complexity index is 1020. The third-order valence-corrected chi connectivity index (χ3v) is 4.53. The molecule has 30 heavy (non-hydrogen) atoms. The zero-order chi connectivity index (χ0) is 21.1. The zero-order valence-corrected chi connectivity index (χ0v) is 15.7. The van der Waals surface area contributed by atoms with Gasteiger partial charge in [0, 0.05) is 0 Å². The molecule has 0 saturated heterocycles. The normalized spacial score (nSPS) is 16.9. The number of ether oxygens (including phenoxy) is 2. The predicted molar refractivity (Wildman–Crippen MR) is 105 cm³/mol. The van der Waals surface area contributed by atoms with Crippen molar-refractivity contribution in [3.63, 3.8) is 0 Å². The summed E-state index contributed by atoms with van der Waals surface area (Å²) < 4.78 is 10.9. The average molecular weight is 410 g/mol. The SMILES string of the molecule is O=C(C[C@@H]1Oc2ccccc2NC1=O)NNC(=O)CN1C(=O)COc2ccccc21. The fourth-order valence-electron chi connectivity index (χ4n) is 3.10. The molecule has 0 spiro atoms. The number of hydrogen-bond acceptors (Lipinski definition) is 6. The second kappa shape index (κ2) is 8.11.